The molecule has 2 aromatic carbocycles. The van der Waals surface area contributed by atoms with Gasteiger partial charge in [0.25, 0.3) is 0 Å². The first-order chi connectivity index (χ1) is 13.7. The van der Waals surface area contributed by atoms with Crippen molar-refractivity contribution in [3.63, 3.8) is 0 Å². The molecule has 140 valence electrons. The van der Waals surface area contributed by atoms with Crippen molar-refractivity contribution < 1.29 is 9.59 Å². The lowest BCUT2D eigenvalue weighted by Crippen LogP contribution is -2.62. The Kier molecular flexibility index (Phi) is 3.83. The van der Waals surface area contributed by atoms with Gasteiger partial charge >= 0.3 is 0 Å². The zero-order chi connectivity index (χ0) is 19.3. The summed E-state index contributed by atoms with van der Waals surface area (Å²) < 4.78 is 0. The van der Waals surface area contributed by atoms with E-state index in [0.29, 0.717) is 13.0 Å². The van der Waals surface area contributed by atoms with Gasteiger partial charge in [-0.2, -0.15) is 0 Å². The lowest BCUT2D eigenvalue weighted by atomic mass is 9.86. The smallest absolute Gasteiger partial charge is 0.246 e. The maximum absolute atomic E-state index is 13.2. The van der Waals surface area contributed by atoms with E-state index in [4.69, 9.17) is 0 Å². The second-order valence-corrected chi connectivity index (χ2v) is 7.40. The van der Waals surface area contributed by atoms with Gasteiger partial charge in [0.05, 0.1) is 6.04 Å². The Balaban J connectivity index is 1.72. The third kappa shape index (κ3) is 2.39. The summed E-state index contributed by atoms with van der Waals surface area (Å²) in [6.45, 7) is 4.22. The SMILES string of the molecule is C=CCN1CC(=O)N2[C@H](c3ccccc3)c3[nH]c4ccccc4c3C[C@H]2C1=O. The van der Waals surface area contributed by atoms with Crippen molar-refractivity contribution in [2.45, 2.75) is 18.5 Å². The molecule has 1 aromatic heterocycles. The number of rotatable bonds is 3. The molecule has 0 spiro atoms. The van der Waals surface area contributed by atoms with Crippen LogP contribution in [0.15, 0.2) is 67.3 Å². The van der Waals surface area contributed by atoms with Crippen LogP contribution in [0.4, 0.5) is 0 Å². The van der Waals surface area contributed by atoms with Crippen LogP contribution in [0.3, 0.4) is 0 Å². The average molecular weight is 371 g/mol. The summed E-state index contributed by atoms with van der Waals surface area (Å²) in [6, 6.07) is 17.3. The minimum atomic E-state index is -0.488. The second kappa shape index (κ2) is 6.37. The molecule has 5 rings (SSSR count). The van der Waals surface area contributed by atoms with Crippen molar-refractivity contribution >= 4 is 22.7 Å². The van der Waals surface area contributed by atoms with Crippen molar-refractivity contribution in [3.8, 4) is 0 Å². The fraction of sp³-hybridized carbons (Fsp3) is 0.217. The number of benzene rings is 2. The number of hydrogen-bond donors (Lipinski definition) is 1. The number of nitrogens with zero attached hydrogens (tertiary/aromatic N) is 2. The minimum Gasteiger partial charge on any atom is -0.356 e. The number of amides is 2. The first-order valence-electron chi connectivity index (χ1n) is 9.54. The highest BCUT2D eigenvalue weighted by Crippen LogP contribution is 2.42. The van der Waals surface area contributed by atoms with E-state index >= 15 is 0 Å². The second-order valence-electron chi connectivity index (χ2n) is 7.40. The van der Waals surface area contributed by atoms with E-state index in [1.807, 2.05) is 48.5 Å². The van der Waals surface area contributed by atoms with Crippen LogP contribution < -0.4 is 0 Å². The van der Waals surface area contributed by atoms with Gasteiger partial charge in [0.15, 0.2) is 0 Å². The summed E-state index contributed by atoms with van der Waals surface area (Å²) in [5.41, 5.74) is 4.20. The molecule has 5 nitrogen and oxygen atoms in total. The summed E-state index contributed by atoms with van der Waals surface area (Å²) in [5.74, 6) is -0.0269. The molecule has 2 amide bonds. The Bertz CT molecular complexity index is 1090. The zero-order valence-electron chi connectivity index (χ0n) is 15.5. The van der Waals surface area contributed by atoms with Gasteiger partial charge < -0.3 is 14.8 Å². The standard InChI is InChI=1S/C23H21N3O2/c1-2-12-25-14-20(27)26-19(23(25)28)13-17-16-10-6-7-11-18(16)24-21(17)22(26)15-8-4-3-5-9-15/h2-11,19,22,24H,1,12-14H2/t19-,22+/m0/s1. The van der Waals surface area contributed by atoms with E-state index in [0.717, 1.165) is 27.7 Å². The molecule has 1 saturated heterocycles. The van der Waals surface area contributed by atoms with E-state index in [1.165, 1.54) is 0 Å². The number of H-pyrrole nitrogens is 1. The van der Waals surface area contributed by atoms with E-state index in [2.05, 4.69) is 17.6 Å². The normalized spacial score (nSPS) is 21.6. The minimum absolute atomic E-state index is 0.00337. The van der Waals surface area contributed by atoms with E-state index in [1.54, 1.807) is 15.9 Å². The van der Waals surface area contributed by atoms with Gasteiger partial charge in [-0.05, 0) is 17.2 Å². The summed E-state index contributed by atoms with van der Waals surface area (Å²) >= 11 is 0. The number of fused-ring (bicyclic) bond motifs is 4. The van der Waals surface area contributed by atoms with Crippen molar-refractivity contribution in [1.82, 2.24) is 14.8 Å². The maximum Gasteiger partial charge on any atom is 0.246 e. The molecule has 2 atom stereocenters. The van der Waals surface area contributed by atoms with E-state index in [9.17, 15) is 9.59 Å². The fourth-order valence-corrected chi connectivity index (χ4v) is 4.62. The van der Waals surface area contributed by atoms with Crippen molar-refractivity contribution in [3.05, 3.63) is 84.1 Å². The number of carbonyl (C=O) groups is 2. The predicted octanol–water partition coefficient (Wildman–Crippen LogP) is 3.04. The molecule has 3 heterocycles. The molecule has 0 radical (unpaired) electrons. The molecule has 3 aromatic rings. The zero-order valence-corrected chi connectivity index (χ0v) is 15.5. The lowest BCUT2D eigenvalue weighted by molar-refractivity contribution is -0.158. The first-order valence-corrected chi connectivity index (χ1v) is 9.54. The molecule has 0 saturated carbocycles. The highest BCUT2D eigenvalue weighted by atomic mass is 16.2. The molecule has 2 aliphatic heterocycles. The number of carbonyl (C=O) groups excluding carboxylic acids is 2. The van der Waals surface area contributed by atoms with Crippen molar-refractivity contribution in [2.75, 3.05) is 13.1 Å². The monoisotopic (exact) mass is 371 g/mol. The molecule has 28 heavy (non-hydrogen) atoms. The summed E-state index contributed by atoms with van der Waals surface area (Å²) in [7, 11) is 0. The third-order valence-corrected chi connectivity index (χ3v) is 5.81. The Morgan fingerprint density at radius 3 is 2.61 bits per heavy atom. The van der Waals surface area contributed by atoms with E-state index < -0.39 is 6.04 Å². The lowest BCUT2D eigenvalue weighted by Gasteiger charge is -2.47. The Hall–Kier alpha value is -3.34. The average Bonchev–Trinajstić information content (AvgIpc) is 3.09. The van der Waals surface area contributed by atoms with Crippen LogP contribution >= 0.6 is 0 Å². The topological polar surface area (TPSA) is 56.4 Å². The van der Waals surface area contributed by atoms with Gasteiger partial charge in [-0.3, -0.25) is 9.59 Å². The molecule has 5 heteroatoms. The molecule has 0 bridgehead atoms. The van der Waals surface area contributed by atoms with Crippen molar-refractivity contribution in [1.29, 1.82) is 0 Å². The van der Waals surface area contributed by atoms with Crippen LogP contribution in [0.2, 0.25) is 0 Å². The highest BCUT2D eigenvalue weighted by Gasteiger charge is 2.47. The Labute approximate surface area is 163 Å². The number of piperazine rings is 1. The Morgan fingerprint density at radius 1 is 1.07 bits per heavy atom. The number of hydrogen-bond acceptors (Lipinski definition) is 2. The molecule has 1 N–H and O–H groups in total. The van der Waals surface area contributed by atoms with Crippen LogP contribution in [0.5, 0.6) is 0 Å². The van der Waals surface area contributed by atoms with Crippen LogP contribution in [-0.2, 0) is 16.0 Å². The van der Waals surface area contributed by atoms with E-state index in [-0.39, 0.29) is 24.4 Å². The van der Waals surface area contributed by atoms with Gasteiger partial charge in [0.1, 0.15) is 12.6 Å². The first kappa shape index (κ1) is 16.8. The van der Waals surface area contributed by atoms with Crippen LogP contribution in [0, 0.1) is 0 Å². The highest BCUT2D eigenvalue weighted by molar-refractivity contribution is 5.97. The number of aromatic nitrogens is 1. The predicted molar refractivity (Wildman–Crippen MR) is 108 cm³/mol. The van der Waals surface area contributed by atoms with Crippen LogP contribution in [-0.4, -0.2) is 45.7 Å². The number of nitrogens with one attached hydrogen (secondary N) is 1. The number of aromatic amines is 1. The molecular formula is C23H21N3O2. The van der Waals surface area contributed by atoms with Crippen LogP contribution in [0.1, 0.15) is 22.9 Å². The van der Waals surface area contributed by atoms with Gasteiger partial charge in [-0.15, -0.1) is 6.58 Å². The maximum atomic E-state index is 13.2. The Morgan fingerprint density at radius 2 is 1.82 bits per heavy atom. The molecule has 1 fully saturated rings. The molecule has 0 unspecified atom stereocenters. The largest absolute Gasteiger partial charge is 0.356 e. The van der Waals surface area contributed by atoms with Gasteiger partial charge in [-0.1, -0.05) is 54.6 Å². The number of para-hydroxylation sites is 1. The third-order valence-electron chi connectivity index (χ3n) is 5.81. The summed E-state index contributed by atoms with van der Waals surface area (Å²) in [6.07, 6.45) is 2.20. The van der Waals surface area contributed by atoms with Crippen molar-refractivity contribution in [2.24, 2.45) is 0 Å². The van der Waals surface area contributed by atoms with Gasteiger partial charge in [-0.25, -0.2) is 0 Å². The molecular weight excluding hydrogens is 350 g/mol. The van der Waals surface area contributed by atoms with Gasteiger partial charge in [0, 0.05) is 29.6 Å². The van der Waals surface area contributed by atoms with Gasteiger partial charge in [0.2, 0.25) is 11.8 Å². The molecule has 0 aliphatic carbocycles. The molecule has 2 aliphatic rings. The van der Waals surface area contributed by atoms with Crippen LogP contribution in [0.25, 0.3) is 10.9 Å². The quantitative estimate of drug-likeness (QED) is 0.720. The fourth-order valence-electron chi connectivity index (χ4n) is 4.62. The summed E-state index contributed by atoms with van der Waals surface area (Å²) in [5, 5.41) is 1.12. The summed E-state index contributed by atoms with van der Waals surface area (Å²) in [4.78, 5) is 33.3.